The Balaban J connectivity index is 2.03. The number of hydrogen-bond acceptors (Lipinski definition) is 5. The minimum atomic E-state index is -0.868. The highest BCUT2D eigenvalue weighted by Gasteiger charge is 2.25. The average molecular weight is 518 g/mol. The zero-order valence-electron chi connectivity index (χ0n) is 20.4. The largest absolute Gasteiger partial charge is 0.495 e. The van der Waals surface area contributed by atoms with Gasteiger partial charge in [-0.2, -0.15) is 0 Å². The first kappa shape index (κ1) is 26.7. The third-order valence-electron chi connectivity index (χ3n) is 5.29. The molecule has 0 aliphatic carbocycles. The summed E-state index contributed by atoms with van der Waals surface area (Å²) in [7, 11) is 1.52. The van der Waals surface area contributed by atoms with Gasteiger partial charge < -0.3 is 14.8 Å². The van der Waals surface area contributed by atoms with Gasteiger partial charge in [0, 0.05) is 35.9 Å². The quantitative estimate of drug-likeness (QED) is 0.401. The van der Waals surface area contributed by atoms with Crippen LogP contribution >= 0.6 is 23.2 Å². The molecule has 0 saturated heterocycles. The van der Waals surface area contributed by atoms with Crippen molar-refractivity contribution in [2.45, 2.75) is 45.8 Å². The molecule has 2 heterocycles. The zero-order valence-corrected chi connectivity index (χ0v) is 21.9. The van der Waals surface area contributed by atoms with E-state index in [4.69, 9.17) is 32.7 Å². The van der Waals surface area contributed by atoms with Gasteiger partial charge in [0.1, 0.15) is 11.8 Å². The predicted molar refractivity (Wildman–Crippen MR) is 140 cm³/mol. The van der Waals surface area contributed by atoms with Crippen LogP contribution in [-0.2, 0) is 9.53 Å². The van der Waals surface area contributed by atoms with Crippen molar-refractivity contribution >= 4 is 34.8 Å². The van der Waals surface area contributed by atoms with Gasteiger partial charge in [0.15, 0.2) is 0 Å². The fourth-order valence-corrected chi connectivity index (χ4v) is 3.95. The molecule has 186 valence electrons. The molecule has 2 aromatic heterocycles. The van der Waals surface area contributed by atoms with Crippen LogP contribution < -0.4 is 15.6 Å². The molecule has 0 aliphatic heterocycles. The molecular formula is C26H29Cl2N3O4. The lowest BCUT2D eigenvalue weighted by atomic mass is 10.0. The van der Waals surface area contributed by atoms with Crippen LogP contribution in [0.2, 0.25) is 10.0 Å². The first-order valence-corrected chi connectivity index (χ1v) is 11.9. The molecule has 7 nitrogen and oxygen atoms in total. The van der Waals surface area contributed by atoms with Crippen molar-refractivity contribution in [1.82, 2.24) is 9.55 Å². The van der Waals surface area contributed by atoms with Gasteiger partial charge in [-0.25, -0.2) is 0 Å². The standard InChI is InChI=1S/C26H29Cl2N3O4/c1-16-6-7-17(27)11-20(16)21-12-24(32)31(15-23(21)34-5)22(8-9-35-26(2,3)4)25(33)30-19-10-18(28)13-29-14-19/h6-7,10-15,22H,8-9H2,1-5H3,(H,30,33). The molecule has 1 amide bonds. The Morgan fingerprint density at radius 3 is 2.51 bits per heavy atom. The van der Waals surface area contributed by atoms with E-state index < -0.39 is 17.6 Å². The molecule has 0 spiro atoms. The number of rotatable bonds is 8. The lowest BCUT2D eigenvalue weighted by Gasteiger charge is -2.24. The van der Waals surface area contributed by atoms with E-state index in [2.05, 4.69) is 10.3 Å². The average Bonchev–Trinajstić information content (AvgIpc) is 2.78. The van der Waals surface area contributed by atoms with Gasteiger partial charge in [-0.15, -0.1) is 0 Å². The maximum absolute atomic E-state index is 13.3. The molecule has 1 aromatic carbocycles. The van der Waals surface area contributed by atoms with Crippen LogP contribution in [-0.4, -0.2) is 34.8 Å². The molecule has 0 fully saturated rings. The normalized spacial score (nSPS) is 12.3. The molecule has 0 radical (unpaired) electrons. The maximum atomic E-state index is 13.3. The number of anilines is 1. The molecule has 1 atom stereocenters. The summed E-state index contributed by atoms with van der Waals surface area (Å²) < 4.78 is 12.8. The van der Waals surface area contributed by atoms with Gasteiger partial charge in [-0.1, -0.05) is 29.3 Å². The third-order valence-corrected chi connectivity index (χ3v) is 5.73. The molecule has 0 bridgehead atoms. The molecular weight excluding hydrogens is 489 g/mol. The number of carbonyl (C=O) groups excluding carboxylic acids is 1. The number of hydrogen-bond donors (Lipinski definition) is 1. The van der Waals surface area contributed by atoms with Crippen LogP contribution in [0.1, 0.15) is 38.8 Å². The number of aryl methyl sites for hydroxylation is 1. The van der Waals surface area contributed by atoms with Crippen LogP contribution in [0, 0.1) is 6.92 Å². The topological polar surface area (TPSA) is 82.4 Å². The Labute approximate surface area is 215 Å². The highest BCUT2D eigenvalue weighted by molar-refractivity contribution is 6.31. The molecule has 1 N–H and O–H groups in total. The Morgan fingerprint density at radius 2 is 1.86 bits per heavy atom. The summed E-state index contributed by atoms with van der Waals surface area (Å²) >= 11 is 12.2. The van der Waals surface area contributed by atoms with Gasteiger partial charge in [-0.05, 0) is 57.0 Å². The van der Waals surface area contributed by atoms with Crippen molar-refractivity contribution < 1.29 is 14.3 Å². The Bertz CT molecular complexity index is 1270. The van der Waals surface area contributed by atoms with Crippen LogP contribution in [0.3, 0.4) is 0 Å². The molecule has 9 heteroatoms. The van der Waals surface area contributed by atoms with E-state index in [9.17, 15) is 9.59 Å². The summed E-state index contributed by atoms with van der Waals surface area (Å²) in [6.45, 7) is 7.97. The number of ether oxygens (including phenoxy) is 2. The van der Waals surface area contributed by atoms with Gasteiger partial charge in [0.2, 0.25) is 5.91 Å². The molecule has 1 unspecified atom stereocenters. The number of amides is 1. The summed E-state index contributed by atoms with van der Waals surface area (Å²) in [6, 6.07) is 7.63. The van der Waals surface area contributed by atoms with Gasteiger partial charge in [0.25, 0.3) is 5.56 Å². The number of nitrogens with one attached hydrogen (secondary N) is 1. The Kier molecular flexibility index (Phi) is 8.59. The zero-order chi connectivity index (χ0) is 25.8. The number of aromatic nitrogens is 2. The smallest absolute Gasteiger partial charge is 0.252 e. The van der Waals surface area contributed by atoms with E-state index in [1.165, 1.54) is 30.1 Å². The van der Waals surface area contributed by atoms with Crippen LogP contribution in [0.15, 0.2) is 53.7 Å². The van der Waals surface area contributed by atoms with Crippen molar-refractivity contribution in [2.75, 3.05) is 19.0 Å². The molecule has 0 saturated carbocycles. The van der Waals surface area contributed by atoms with Crippen molar-refractivity contribution in [2.24, 2.45) is 0 Å². The SMILES string of the molecule is COc1cn(C(CCOC(C)(C)C)C(=O)Nc2cncc(Cl)c2)c(=O)cc1-c1cc(Cl)ccc1C. The van der Waals surface area contributed by atoms with Crippen molar-refractivity contribution in [3.8, 4) is 16.9 Å². The second-order valence-electron chi connectivity index (χ2n) is 9.11. The number of halogens is 2. The van der Waals surface area contributed by atoms with E-state index in [1.807, 2.05) is 33.8 Å². The Morgan fingerprint density at radius 1 is 1.11 bits per heavy atom. The van der Waals surface area contributed by atoms with Crippen molar-refractivity contribution in [3.63, 3.8) is 0 Å². The fraction of sp³-hybridized carbons (Fsp3) is 0.346. The maximum Gasteiger partial charge on any atom is 0.252 e. The van der Waals surface area contributed by atoms with Gasteiger partial charge in [-0.3, -0.25) is 19.1 Å². The molecule has 3 rings (SSSR count). The minimum Gasteiger partial charge on any atom is -0.495 e. The second-order valence-corrected chi connectivity index (χ2v) is 9.98. The summed E-state index contributed by atoms with van der Waals surface area (Å²) in [4.78, 5) is 30.6. The highest BCUT2D eigenvalue weighted by atomic mass is 35.5. The van der Waals surface area contributed by atoms with E-state index in [0.717, 1.165) is 11.1 Å². The summed E-state index contributed by atoms with van der Waals surface area (Å²) in [5.41, 5.74) is 1.98. The number of carbonyl (C=O) groups is 1. The van der Waals surface area contributed by atoms with Crippen LogP contribution in [0.25, 0.3) is 11.1 Å². The lowest BCUT2D eigenvalue weighted by molar-refractivity contribution is -0.120. The van der Waals surface area contributed by atoms with E-state index in [-0.39, 0.29) is 18.6 Å². The Hall–Kier alpha value is -2.87. The first-order chi connectivity index (χ1) is 16.5. The molecule has 35 heavy (non-hydrogen) atoms. The molecule has 0 aliphatic rings. The van der Waals surface area contributed by atoms with Gasteiger partial charge in [0.05, 0.1) is 35.8 Å². The van der Waals surface area contributed by atoms with Crippen LogP contribution in [0.5, 0.6) is 5.75 Å². The number of nitrogens with zero attached hydrogens (tertiary/aromatic N) is 2. The van der Waals surface area contributed by atoms with E-state index >= 15 is 0 Å². The number of pyridine rings is 2. The third kappa shape index (κ3) is 7.07. The summed E-state index contributed by atoms with van der Waals surface area (Å²) in [5.74, 6) is 0.0383. The predicted octanol–water partition coefficient (Wildman–Crippen LogP) is 5.92. The van der Waals surface area contributed by atoms with Crippen molar-refractivity contribution in [3.05, 3.63) is 74.9 Å². The second kappa shape index (κ2) is 11.2. The summed E-state index contributed by atoms with van der Waals surface area (Å²) in [5, 5.41) is 3.73. The minimum absolute atomic E-state index is 0.260. The number of methoxy groups -OCH3 is 1. The number of benzene rings is 1. The monoisotopic (exact) mass is 517 g/mol. The van der Waals surface area contributed by atoms with Crippen molar-refractivity contribution in [1.29, 1.82) is 0 Å². The lowest BCUT2D eigenvalue weighted by Crippen LogP contribution is -2.34. The van der Waals surface area contributed by atoms with E-state index in [0.29, 0.717) is 27.0 Å². The highest BCUT2D eigenvalue weighted by Crippen LogP contribution is 2.33. The summed E-state index contributed by atoms with van der Waals surface area (Å²) in [6.07, 6.45) is 4.77. The van der Waals surface area contributed by atoms with Gasteiger partial charge >= 0.3 is 0 Å². The van der Waals surface area contributed by atoms with Crippen LogP contribution in [0.4, 0.5) is 5.69 Å². The fourth-order valence-electron chi connectivity index (χ4n) is 3.61. The molecule has 3 aromatic rings. The first-order valence-electron chi connectivity index (χ1n) is 11.1. The van der Waals surface area contributed by atoms with E-state index in [1.54, 1.807) is 24.4 Å².